The van der Waals surface area contributed by atoms with Gasteiger partial charge in [-0.3, -0.25) is 9.59 Å². The first-order chi connectivity index (χ1) is 8.54. The molecule has 18 heavy (non-hydrogen) atoms. The van der Waals surface area contributed by atoms with Crippen molar-refractivity contribution < 1.29 is 14.3 Å². The molecule has 1 aliphatic heterocycles. The maximum absolute atomic E-state index is 12.3. The van der Waals surface area contributed by atoms with Crippen LogP contribution < -0.4 is 5.32 Å². The van der Waals surface area contributed by atoms with Gasteiger partial charge < -0.3 is 15.0 Å². The fraction of sp³-hybridized carbons (Fsp3) is 0.846. The Morgan fingerprint density at radius 2 is 2.06 bits per heavy atom. The molecular formula is C13H24N2O3. The number of carbonyl (C=O) groups excluding carboxylic acids is 2. The van der Waals surface area contributed by atoms with Gasteiger partial charge in [0.2, 0.25) is 11.8 Å². The van der Waals surface area contributed by atoms with Crippen LogP contribution in [0, 0.1) is 0 Å². The van der Waals surface area contributed by atoms with E-state index in [-0.39, 0.29) is 30.0 Å². The number of piperazine rings is 1. The summed E-state index contributed by atoms with van der Waals surface area (Å²) in [5.74, 6) is -0.0222. The first-order valence-corrected chi connectivity index (χ1v) is 6.68. The van der Waals surface area contributed by atoms with Gasteiger partial charge in [-0.05, 0) is 19.8 Å². The molecule has 0 saturated carbocycles. The average Bonchev–Trinajstić information content (AvgIpc) is 2.37. The van der Waals surface area contributed by atoms with Gasteiger partial charge in [-0.1, -0.05) is 20.3 Å². The highest BCUT2D eigenvalue weighted by Crippen LogP contribution is 2.17. The van der Waals surface area contributed by atoms with Crippen LogP contribution in [0.2, 0.25) is 0 Å². The molecule has 1 rings (SSSR count). The molecule has 5 nitrogen and oxygen atoms in total. The number of carbonyl (C=O) groups is 2. The molecule has 0 spiro atoms. The summed E-state index contributed by atoms with van der Waals surface area (Å²) in [4.78, 5) is 26.0. The molecule has 0 aromatic carbocycles. The van der Waals surface area contributed by atoms with E-state index >= 15 is 0 Å². The first kappa shape index (κ1) is 15.0. The molecule has 0 bridgehead atoms. The molecular weight excluding hydrogens is 232 g/mol. The minimum Gasteiger partial charge on any atom is -0.380 e. The third kappa shape index (κ3) is 3.22. The fourth-order valence-corrected chi connectivity index (χ4v) is 2.23. The van der Waals surface area contributed by atoms with Gasteiger partial charge in [0.05, 0.1) is 6.10 Å². The summed E-state index contributed by atoms with van der Waals surface area (Å²) in [5.41, 5.74) is 0. The predicted molar refractivity (Wildman–Crippen MR) is 69.1 cm³/mol. The van der Waals surface area contributed by atoms with Crippen molar-refractivity contribution in [2.45, 2.75) is 58.2 Å². The molecule has 2 amide bonds. The van der Waals surface area contributed by atoms with Crippen molar-refractivity contribution in [3.63, 3.8) is 0 Å². The van der Waals surface area contributed by atoms with Crippen LogP contribution in [0.1, 0.15) is 40.0 Å². The Kier molecular flexibility index (Phi) is 5.59. The van der Waals surface area contributed by atoms with Gasteiger partial charge in [-0.25, -0.2) is 0 Å². The smallest absolute Gasteiger partial charge is 0.245 e. The Morgan fingerprint density at radius 3 is 2.56 bits per heavy atom. The lowest BCUT2D eigenvalue weighted by Crippen LogP contribution is -2.64. The lowest BCUT2D eigenvalue weighted by atomic mass is 10.0. The molecule has 104 valence electrons. The molecule has 0 aromatic heterocycles. The van der Waals surface area contributed by atoms with Crippen LogP contribution in [0.4, 0.5) is 0 Å². The molecule has 1 N–H and O–H groups in total. The summed E-state index contributed by atoms with van der Waals surface area (Å²) in [6, 6.07) is -0.724. The second kappa shape index (κ2) is 6.73. The van der Waals surface area contributed by atoms with E-state index in [0.29, 0.717) is 19.4 Å². The van der Waals surface area contributed by atoms with E-state index in [2.05, 4.69) is 5.32 Å². The highest BCUT2D eigenvalue weighted by atomic mass is 16.5. The standard InChI is InChI=1S/C13H24N2O3/c1-5-7-11-12(16)14-10(6-2)13(17)15(11)8-9(3)18-4/h9-11H,5-8H2,1-4H3,(H,14,16). The number of ether oxygens (including phenoxy) is 1. The Hall–Kier alpha value is -1.10. The van der Waals surface area contributed by atoms with Crippen LogP contribution in [-0.2, 0) is 14.3 Å². The van der Waals surface area contributed by atoms with Crippen molar-refractivity contribution in [1.29, 1.82) is 0 Å². The second-order valence-electron chi connectivity index (χ2n) is 4.81. The van der Waals surface area contributed by atoms with Crippen LogP contribution >= 0.6 is 0 Å². The number of hydrogen-bond donors (Lipinski definition) is 1. The van der Waals surface area contributed by atoms with Crippen LogP contribution in [0.25, 0.3) is 0 Å². The Balaban J connectivity index is 2.86. The molecule has 0 aromatic rings. The molecule has 1 aliphatic rings. The SMILES string of the molecule is CCCC1C(=O)NC(CC)C(=O)N1CC(C)OC. The monoisotopic (exact) mass is 256 g/mol. The van der Waals surface area contributed by atoms with Crippen LogP contribution in [0.15, 0.2) is 0 Å². The number of nitrogens with one attached hydrogen (secondary N) is 1. The van der Waals surface area contributed by atoms with Crippen molar-refractivity contribution in [2.24, 2.45) is 0 Å². The summed E-state index contributed by atoms with van der Waals surface area (Å²) in [6.45, 7) is 6.30. The highest BCUT2D eigenvalue weighted by molar-refractivity contribution is 5.96. The highest BCUT2D eigenvalue weighted by Gasteiger charge is 2.39. The number of hydrogen-bond acceptors (Lipinski definition) is 3. The van der Waals surface area contributed by atoms with Crippen LogP contribution in [0.3, 0.4) is 0 Å². The number of rotatable bonds is 6. The molecule has 1 saturated heterocycles. The van der Waals surface area contributed by atoms with Crippen molar-refractivity contribution in [3.05, 3.63) is 0 Å². The minimum absolute atomic E-state index is 0.0134. The third-order valence-corrected chi connectivity index (χ3v) is 3.40. The van der Waals surface area contributed by atoms with Gasteiger partial charge in [0.1, 0.15) is 12.1 Å². The molecule has 0 aliphatic carbocycles. The average molecular weight is 256 g/mol. The summed E-state index contributed by atoms with van der Waals surface area (Å²) in [6.07, 6.45) is 2.14. The van der Waals surface area contributed by atoms with E-state index in [4.69, 9.17) is 4.74 Å². The van der Waals surface area contributed by atoms with Gasteiger partial charge >= 0.3 is 0 Å². The second-order valence-corrected chi connectivity index (χ2v) is 4.81. The van der Waals surface area contributed by atoms with E-state index in [1.807, 2.05) is 20.8 Å². The van der Waals surface area contributed by atoms with E-state index < -0.39 is 0 Å². The zero-order chi connectivity index (χ0) is 13.7. The number of amides is 2. The van der Waals surface area contributed by atoms with Gasteiger partial charge in [0.15, 0.2) is 0 Å². The summed E-state index contributed by atoms with van der Waals surface area (Å²) >= 11 is 0. The maximum Gasteiger partial charge on any atom is 0.245 e. The molecule has 3 atom stereocenters. The first-order valence-electron chi connectivity index (χ1n) is 6.68. The van der Waals surface area contributed by atoms with Gasteiger partial charge in [-0.2, -0.15) is 0 Å². The van der Waals surface area contributed by atoms with E-state index in [1.165, 1.54) is 0 Å². The molecule has 5 heteroatoms. The van der Waals surface area contributed by atoms with Crippen molar-refractivity contribution in [3.8, 4) is 0 Å². The zero-order valence-electron chi connectivity index (χ0n) is 11.7. The molecule has 3 unspecified atom stereocenters. The number of methoxy groups -OCH3 is 1. The molecule has 1 fully saturated rings. The van der Waals surface area contributed by atoms with E-state index in [1.54, 1.807) is 12.0 Å². The quantitative estimate of drug-likeness (QED) is 0.769. The van der Waals surface area contributed by atoms with Crippen molar-refractivity contribution in [2.75, 3.05) is 13.7 Å². The van der Waals surface area contributed by atoms with Gasteiger partial charge in [0, 0.05) is 13.7 Å². The minimum atomic E-state index is -0.380. The lowest BCUT2D eigenvalue weighted by Gasteiger charge is -2.39. The summed E-state index contributed by atoms with van der Waals surface area (Å²) in [7, 11) is 1.62. The normalized spacial score (nSPS) is 26.1. The Labute approximate surface area is 109 Å². The predicted octanol–water partition coefficient (Wildman–Crippen LogP) is 0.927. The van der Waals surface area contributed by atoms with Gasteiger partial charge in [-0.15, -0.1) is 0 Å². The van der Waals surface area contributed by atoms with E-state index in [9.17, 15) is 9.59 Å². The van der Waals surface area contributed by atoms with Gasteiger partial charge in [0.25, 0.3) is 0 Å². The summed E-state index contributed by atoms with van der Waals surface area (Å²) < 4.78 is 5.21. The zero-order valence-corrected chi connectivity index (χ0v) is 11.7. The third-order valence-electron chi connectivity index (χ3n) is 3.40. The largest absolute Gasteiger partial charge is 0.380 e. The maximum atomic E-state index is 12.3. The summed E-state index contributed by atoms with van der Waals surface area (Å²) in [5, 5.41) is 2.80. The van der Waals surface area contributed by atoms with Crippen molar-refractivity contribution in [1.82, 2.24) is 10.2 Å². The van der Waals surface area contributed by atoms with Crippen LogP contribution in [0.5, 0.6) is 0 Å². The lowest BCUT2D eigenvalue weighted by molar-refractivity contribution is -0.151. The Bertz CT molecular complexity index is 307. The Morgan fingerprint density at radius 1 is 1.39 bits per heavy atom. The molecule has 0 radical (unpaired) electrons. The molecule has 1 heterocycles. The fourth-order valence-electron chi connectivity index (χ4n) is 2.23. The van der Waals surface area contributed by atoms with E-state index in [0.717, 1.165) is 6.42 Å². The number of nitrogens with zero attached hydrogens (tertiary/aromatic N) is 1. The van der Waals surface area contributed by atoms with Crippen LogP contribution in [-0.4, -0.2) is 48.6 Å². The van der Waals surface area contributed by atoms with Crippen molar-refractivity contribution >= 4 is 11.8 Å². The topological polar surface area (TPSA) is 58.6 Å².